The molecule has 0 bridgehead atoms. The molecule has 0 N–H and O–H groups in total. The zero-order valence-electron chi connectivity index (χ0n) is 20.7. The van der Waals surface area contributed by atoms with Gasteiger partial charge < -0.3 is 14.7 Å². The van der Waals surface area contributed by atoms with E-state index in [1.807, 2.05) is 32.2 Å². The number of carbonyl (C=O) groups excluding carboxylic acids is 3. The van der Waals surface area contributed by atoms with E-state index in [4.69, 9.17) is 0 Å². The summed E-state index contributed by atoms with van der Waals surface area (Å²) in [7, 11) is 0. The minimum Gasteiger partial charge on any atom is -0.334 e. The molecule has 2 aromatic rings. The van der Waals surface area contributed by atoms with Crippen molar-refractivity contribution in [2.24, 2.45) is 5.41 Å². The van der Waals surface area contributed by atoms with Gasteiger partial charge in [-0.3, -0.25) is 19.3 Å². The summed E-state index contributed by atoms with van der Waals surface area (Å²) in [4.78, 5) is 50.4. The van der Waals surface area contributed by atoms with Crippen LogP contribution in [-0.2, 0) is 16.0 Å². The first-order valence-electron chi connectivity index (χ1n) is 12.4. The maximum atomic E-state index is 12.9. The molecule has 0 saturated carbocycles. The first-order chi connectivity index (χ1) is 16.7. The van der Waals surface area contributed by atoms with Crippen molar-refractivity contribution in [2.45, 2.75) is 46.1 Å². The van der Waals surface area contributed by atoms with E-state index in [0.717, 1.165) is 36.4 Å². The molecule has 0 radical (unpaired) electrons. The van der Waals surface area contributed by atoms with Gasteiger partial charge in [0.2, 0.25) is 11.8 Å². The van der Waals surface area contributed by atoms with Crippen LogP contribution >= 0.6 is 11.3 Å². The second-order valence-electron chi connectivity index (χ2n) is 10.9. The Kier molecular flexibility index (Phi) is 6.40. The van der Waals surface area contributed by atoms with Crippen molar-refractivity contribution in [3.8, 4) is 0 Å². The maximum Gasteiger partial charge on any atom is 0.282 e. The highest BCUT2D eigenvalue weighted by Crippen LogP contribution is 2.35. The lowest BCUT2D eigenvalue weighted by atomic mass is 9.91. The fourth-order valence-corrected chi connectivity index (χ4v) is 5.90. The number of anilines is 2. The molecule has 1 aromatic heterocycles. The molecule has 2 saturated heterocycles. The first kappa shape index (κ1) is 23.9. The standard InChI is InChI=1S/C26H33N5O3S/c1-26(2,3)16-23(33)30-8-6-18-14-19(4-5-21(18)30)31-17-20(15-22(31)32)28-9-11-29(12-10-28)25(34)24-27-7-13-35-24/h4-5,7,13-14,20H,6,8-12,15-17H2,1-3H3. The van der Waals surface area contributed by atoms with Crippen molar-refractivity contribution in [3.05, 3.63) is 40.3 Å². The lowest BCUT2D eigenvalue weighted by Gasteiger charge is -2.37. The van der Waals surface area contributed by atoms with Crippen LogP contribution in [0.2, 0.25) is 0 Å². The number of aromatic nitrogens is 1. The Hall–Kier alpha value is -2.78. The van der Waals surface area contributed by atoms with E-state index in [9.17, 15) is 14.4 Å². The minimum atomic E-state index is -0.0453. The van der Waals surface area contributed by atoms with Gasteiger partial charge in [-0.2, -0.15) is 0 Å². The van der Waals surface area contributed by atoms with Crippen molar-refractivity contribution < 1.29 is 14.4 Å². The monoisotopic (exact) mass is 495 g/mol. The van der Waals surface area contributed by atoms with Crippen LogP contribution in [0.5, 0.6) is 0 Å². The Balaban J connectivity index is 1.21. The summed E-state index contributed by atoms with van der Waals surface area (Å²) in [5, 5.41) is 2.36. The summed E-state index contributed by atoms with van der Waals surface area (Å²) in [6.45, 7) is 10.4. The van der Waals surface area contributed by atoms with E-state index < -0.39 is 0 Å². The molecule has 1 unspecified atom stereocenters. The molecule has 5 rings (SSSR count). The first-order valence-corrected chi connectivity index (χ1v) is 13.2. The number of amides is 3. The third-order valence-corrected chi connectivity index (χ3v) is 7.85. The van der Waals surface area contributed by atoms with Crippen molar-refractivity contribution >= 4 is 40.4 Å². The normalized spacial score (nSPS) is 21.1. The quantitative estimate of drug-likeness (QED) is 0.652. The largest absolute Gasteiger partial charge is 0.334 e. The fraction of sp³-hybridized carbons (Fsp3) is 0.538. The van der Waals surface area contributed by atoms with Gasteiger partial charge in [-0.25, -0.2) is 4.98 Å². The molecular formula is C26H33N5O3S. The third-order valence-electron chi connectivity index (χ3n) is 7.09. The molecule has 8 nitrogen and oxygen atoms in total. The van der Waals surface area contributed by atoms with Gasteiger partial charge in [0.1, 0.15) is 0 Å². The fourth-order valence-electron chi connectivity index (χ4n) is 5.30. The Morgan fingerprint density at radius 3 is 2.57 bits per heavy atom. The predicted octanol–water partition coefficient (Wildman–Crippen LogP) is 3.03. The molecule has 0 aliphatic carbocycles. The van der Waals surface area contributed by atoms with Crippen molar-refractivity contribution in [1.29, 1.82) is 0 Å². The van der Waals surface area contributed by atoms with E-state index >= 15 is 0 Å². The van der Waals surface area contributed by atoms with E-state index in [0.29, 0.717) is 44.0 Å². The number of thiazole rings is 1. The SMILES string of the molecule is CC(C)(C)CC(=O)N1CCc2cc(N3CC(N4CCN(C(=O)c5nccs5)CC4)CC3=O)ccc21. The van der Waals surface area contributed by atoms with Crippen LogP contribution in [0.15, 0.2) is 29.8 Å². The molecule has 1 aromatic carbocycles. The third kappa shape index (κ3) is 4.97. The van der Waals surface area contributed by atoms with Crippen molar-refractivity contribution in [3.63, 3.8) is 0 Å². The second kappa shape index (κ2) is 9.35. The summed E-state index contributed by atoms with van der Waals surface area (Å²) in [5.41, 5.74) is 2.98. The molecule has 4 heterocycles. The smallest absolute Gasteiger partial charge is 0.282 e. The van der Waals surface area contributed by atoms with Gasteiger partial charge in [-0.1, -0.05) is 20.8 Å². The van der Waals surface area contributed by atoms with Gasteiger partial charge in [0.25, 0.3) is 5.91 Å². The van der Waals surface area contributed by atoms with Crippen LogP contribution < -0.4 is 9.80 Å². The molecule has 3 amide bonds. The summed E-state index contributed by atoms with van der Waals surface area (Å²) in [5.74, 6) is 0.292. The number of rotatable bonds is 4. The van der Waals surface area contributed by atoms with Crippen LogP contribution in [-0.4, -0.2) is 77.8 Å². The number of hydrogen-bond acceptors (Lipinski definition) is 6. The van der Waals surface area contributed by atoms with E-state index in [-0.39, 0.29) is 29.2 Å². The Morgan fingerprint density at radius 1 is 1.11 bits per heavy atom. The Labute approximate surface area is 210 Å². The average Bonchev–Trinajstić information content (AvgIpc) is 3.57. The lowest BCUT2D eigenvalue weighted by Crippen LogP contribution is -2.52. The van der Waals surface area contributed by atoms with Crippen LogP contribution in [0, 0.1) is 5.41 Å². The van der Waals surface area contributed by atoms with Gasteiger partial charge in [-0.15, -0.1) is 11.3 Å². The zero-order chi connectivity index (χ0) is 24.7. The van der Waals surface area contributed by atoms with E-state index in [1.54, 1.807) is 6.20 Å². The van der Waals surface area contributed by atoms with Crippen molar-refractivity contribution in [2.75, 3.05) is 49.1 Å². The molecular weight excluding hydrogens is 462 g/mol. The Bertz CT molecular complexity index is 1120. The molecule has 35 heavy (non-hydrogen) atoms. The molecule has 3 aliphatic rings. The molecule has 2 fully saturated rings. The summed E-state index contributed by atoms with van der Waals surface area (Å²) >= 11 is 1.37. The molecule has 186 valence electrons. The molecule has 3 aliphatic heterocycles. The summed E-state index contributed by atoms with van der Waals surface area (Å²) < 4.78 is 0. The van der Waals surface area contributed by atoms with Gasteiger partial charge in [0.05, 0.1) is 0 Å². The van der Waals surface area contributed by atoms with Gasteiger partial charge >= 0.3 is 0 Å². The van der Waals surface area contributed by atoms with Crippen LogP contribution in [0.25, 0.3) is 0 Å². The van der Waals surface area contributed by atoms with Gasteiger partial charge in [-0.05, 0) is 35.6 Å². The molecule has 1 atom stereocenters. The van der Waals surface area contributed by atoms with Crippen molar-refractivity contribution in [1.82, 2.24) is 14.8 Å². The molecule has 0 spiro atoms. The van der Waals surface area contributed by atoms with Gasteiger partial charge in [0, 0.05) is 81.1 Å². The highest BCUT2D eigenvalue weighted by Gasteiger charge is 2.37. The number of hydrogen-bond donors (Lipinski definition) is 0. The topological polar surface area (TPSA) is 77.1 Å². The van der Waals surface area contributed by atoms with E-state index in [1.165, 1.54) is 11.3 Å². The average molecular weight is 496 g/mol. The maximum absolute atomic E-state index is 12.9. The highest BCUT2D eigenvalue weighted by atomic mass is 32.1. The number of fused-ring (bicyclic) bond motifs is 1. The summed E-state index contributed by atoms with van der Waals surface area (Å²) in [6, 6.07) is 6.22. The minimum absolute atomic E-state index is 0.00283. The highest BCUT2D eigenvalue weighted by molar-refractivity contribution is 7.11. The van der Waals surface area contributed by atoms with Gasteiger partial charge in [0.15, 0.2) is 5.01 Å². The zero-order valence-corrected chi connectivity index (χ0v) is 21.5. The van der Waals surface area contributed by atoms with Crippen LogP contribution in [0.4, 0.5) is 11.4 Å². The van der Waals surface area contributed by atoms with Crippen LogP contribution in [0.3, 0.4) is 0 Å². The number of benzene rings is 1. The van der Waals surface area contributed by atoms with Crippen LogP contribution in [0.1, 0.15) is 49.0 Å². The number of piperazine rings is 1. The Morgan fingerprint density at radius 2 is 1.89 bits per heavy atom. The molecule has 9 heteroatoms. The van der Waals surface area contributed by atoms with E-state index in [2.05, 4.69) is 36.7 Å². The summed E-state index contributed by atoms with van der Waals surface area (Å²) in [6.07, 6.45) is 3.49. The lowest BCUT2D eigenvalue weighted by molar-refractivity contribution is -0.120. The number of nitrogens with zero attached hydrogens (tertiary/aromatic N) is 5. The predicted molar refractivity (Wildman–Crippen MR) is 137 cm³/mol. The number of carbonyl (C=O) groups is 3. The second-order valence-corrected chi connectivity index (χ2v) is 11.8.